The Labute approximate surface area is 112 Å². The van der Waals surface area contributed by atoms with Crippen LogP contribution in [0.15, 0.2) is 12.2 Å². The van der Waals surface area contributed by atoms with Crippen molar-refractivity contribution in [1.29, 1.82) is 0 Å². The van der Waals surface area contributed by atoms with Crippen molar-refractivity contribution >= 4 is 11.8 Å². The van der Waals surface area contributed by atoms with Gasteiger partial charge in [-0.05, 0) is 18.8 Å². The van der Waals surface area contributed by atoms with Gasteiger partial charge in [-0.25, -0.2) is 4.79 Å². The zero-order chi connectivity index (χ0) is 13.4. The Bertz CT molecular complexity index is 496. The fraction of sp³-hybridized carbons (Fsp3) is 0.733. The fourth-order valence-electron chi connectivity index (χ4n) is 4.91. The molecule has 2 saturated carbocycles. The van der Waals surface area contributed by atoms with Gasteiger partial charge in [-0.15, -0.1) is 0 Å². The normalized spacial score (nSPS) is 51.8. The van der Waals surface area contributed by atoms with E-state index in [1.807, 2.05) is 0 Å². The summed E-state index contributed by atoms with van der Waals surface area (Å²) < 4.78 is 11.3. The van der Waals surface area contributed by atoms with Crippen LogP contribution in [0.1, 0.15) is 26.2 Å². The molecule has 0 radical (unpaired) electrons. The van der Waals surface area contributed by atoms with Crippen molar-refractivity contribution in [2.45, 2.75) is 38.4 Å². The van der Waals surface area contributed by atoms with Gasteiger partial charge in [0, 0.05) is 23.8 Å². The molecule has 0 unspecified atom stereocenters. The average molecular weight is 262 g/mol. The zero-order valence-electron chi connectivity index (χ0n) is 11.1. The number of carbonyl (C=O) groups excluding carboxylic acids is 2. The maximum atomic E-state index is 12.4. The summed E-state index contributed by atoms with van der Waals surface area (Å²) in [6, 6.07) is 0. The van der Waals surface area contributed by atoms with Crippen LogP contribution >= 0.6 is 0 Å². The smallest absolute Gasteiger partial charge is 0.334 e. The molecule has 4 heteroatoms. The van der Waals surface area contributed by atoms with Crippen molar-refractivity contribution in [2.75, 3.05) is 6.61 Å². The number of carbonyl (C=O) groups is 2. The van der Waals surface area contributed by atoms with Gasteiger partial charge >= 0.3 is 5.97 Å². The third kappa shape index (κ3) is 1.28. The lowest BCUT2D eigenvalue weighted by Gasteiger charge is -2.30. The van der Waals surface area contributed by atoms with Crippen LogP contribution in [0.2, 0.25) is 0 Å². The fourth-order valence-corrected chi connectivity index (χ4v) is 4.91. The molecule has 4 nitrogen and oxygen atoms in total. The van der Waals surface area contributed by atoms with Crippen LogP contribution in [0.3, 0.4) is 0 Å². The molecule has 2 heterocycles. The van der Waals surface area contributed by atoms with Crippen molar-refractivity contribution in [3.63, 3.8) is 0 Å². The number of Topliss-reactive ketones (excluding diaryl/α,β-unsaturated/α-hetero) is 1. The van der Waals surface area contributed by atoms with E-state index in [1.54, 1.807) is 0 Å². The molecule has 2 aliphatic heterocycles. The second-order valence-corrected chi connectivity index (χ2v) is 6.65. The average Bonchev–Trinajstić information content (AvgIpc) is 2.90. The van der Waals surface area contributed by atoms with E-state index >= 15 is 0 Å². The molecule has 4 fully saturated rings. The number of ketones is 1. The number of rotatable bonds is 0. The molecule has 2 aliphatic carbocycles. The molecule has 0 amide bonds. The van der Waals surface area contributed by atoms with Gasteiger partial charge in [0.25, 0.3) is 0 Å². The Morgan fingerprint density at radius 2 is 2.11 bits per heavy atom. The summed E-state index contributed by atoms with van der Waals surface area (Å²) in [5.74, 6) is 0.709. The molecule has 0 N–H and O–H groups in total. The second-order valence-electron chi connectivity index (χ2n) is 6.65. The van der Waals surface area contributed by atoms with Gasteiger partial charge in [-0.1, -0.05) is 13.5 Å². The predicted molar refractivity (Wildman–Crippen MR) is 66.2 cm³/mol. The monoisotopic (exact) mass is 262 g/mol. The minimum Gasteiger partial charge on any atom is -0.458 e. The maximum Gasteiger partial charge on any atom is 0.334 e. The van der Waals surface area contributed by atoms with Crippen LogP contribution in [-0.4, -0.2) is 30.6 Å². The van der Waals surface area contributed by atoms with Crippen molar-refractivity contribution in [1.82, 2.24) is 0 Å². The lowest BCUT2D eigenvalue weighted by atomic mass is 9.70. The first-order chi connectivity index (χ1) is 9.03. The highest BCUT2D eigenvalue weighted by atomic mass is 16.6. The summed E-state index contributed by atoms with van der Waals surface area (Å²) in [6.45, 7) is 6.57. The van der Waals surface area contributed by atoms with Crippen molar-refractivity contribution in [2.24, 2.45) is 23.2 Å². The molecule has 0 aromatic heterocycles. The highest BCUT2D eigenvalue weighted by molar-refractivity contribution is 5.92. The second kappa shape index (κ2) is 3.48. The van der Waals surface area contributed by atoms with E-state index in [9.17, 15) is 9.59 Å². The molecular weight excluding hydrogens is 244 g/mol. The number of ether oxygens (including phenoxy) is 2. The quantitative estimate of drug-likeness (QED) is 0.490. The summed E-state index contributed by atoms with van der Waals surface area (Å²) in [7, 11) is 0. The Balaban J connectivity index is 1.78. The first-order valence-corrected chi connectivity index (χ1v) is 7.07. The van der Waals surface area contributed by atoms with E-state index in [0.717, 1.165) is 6.42 Å². The van der Waals surface area contributed by atoms with Crippen molar-refractivity contribution in [3.8, 4) is 0 Å². The molecule has 19 heavy (non-hydrogen) atoms. The standard InChI is InChI=1S/C15H18O4/c1-7-3-10-9(8(2)14(17)19-10)5-15-6-18-11(13(7)15)4-12(15)16/h7,9-11,13H,2-6H2,1H3/t7-,9-,10-,11-,13-,15-/m1/s1. The Morgan fingerprint density at radius 1 is 1.32 bits per heavy atom. The molecule has 0 aromatic carbocycles. The van der Waals surface area contributed by atoms with Crippen molar-refractivity contribution in [3.05, 3.63) is 12.2 Å². The molecule has 0 aromatic rings. The van der Waals surface area contributed by atoms with Gasteiger partial charge in [0.2, 0.25) is 0 Å². The molecule has 6 atom stereocenters. The van der Waals surface area contributed by atoms with Gasteiger partial charge in [-0.3, -0.25) is 4.79 Å². The molecule has 2 bridgehead atoms. The first-order valence-electron chi connectivity index (χ1n) is 7.07. The molecule has 4 rings (SSSR count). The predicted octanol–water partition coefficient (Wildman–Crippen LogP) is 1.49. The highest BCUT2D eigenvalue weighted by Gasteiger charge is 2.65. The van der Waals surface area contributed by atoms with Crippen LogP contribution in [0.4, 0.5) is 0 Å². The summed E-state index contributed by atoms with van der Waals surface area (Å²) in [6.07, 6.45) is 2.07. The Hall–Kier alpha value is -1.16. The van der Waals surface area contributed by atoms with E-state index in [2.05, 4.69) is 13.5 Å². The lowest BCUT2D eigenvalue weighted by molar-refractivity contribution is -0.139. The largest absolute Gasteiger partial charge is 0.458 e. The Kier molecular flexibility index (Phi) is 2.13. The number of esters is 1. The number of hydrogen-bond acceptors (Lipinski definition) is 4. The summed E-state index contributed by atoms with van der Waals surface area (Å²) in [4.78, 5) is 24.1. The van der Waals surface area contributed by atoms with Crippen LogP contribution in [-0.2, 0) is 19.1 Å². The van der Waals surface area contributed by atoms with Gasteiger partial charge in [0.15, 0.2) is 0 Å². The minimum atomic E-state index is -0.375. The lowest BCUT2D eigenvalue weighted by Crippen LogP contribution is -2.37. The summed E-state index contributed by atoms with van der Waals surface area (Å²) in [5.41, 5.74) is 0.177. The summed E-state index contributed by atoms with van der Waals surface area (Å²) >= 11 is 0. The van der Waals surface area contributed by atoms with Gasteiger partial charge in [0.1, 0.15) is 11.9 Å². The van der Waals surface area contributed by atoms with E-state index in [-0.39, 0.29) is 29.5 Å². The van der Waals surface area contributed by atoms with Crippen molar-refractivity contribution < 1.29 is 19.1 Å². The minimum absolute atomic E-state index is 0.00403. The van der Waals surface area contributed by atoms with E-state index in [1.165, 1.54) is 0 Å². The number of hydrogen-bond donors (Lipinski definition) is 0. The van der Waals surface area contributed by atoms with E-state index < -0.39 is 0 Å². The molecule has 102 valence electrons. The van der Waals surface area contributed by atoms with Gasteiger partial charge in [0.05, 0.1) is 18.1 Å². The van der Waals surface area contributed by atoms with Gasteiger partial charge < -0.3 is 9.47 Å². The van der Waals surface area contributed by atoms with Crippen LogP contribution in [0, 0.1) is 23.2 Å². The summed E-state index contributed by atoms with van der Waals surface area (Å²) in [5, 5.41) is 0. The first kappa shape index (κ1) is 11.6. The highest BCUT2D eigenvalue weighted by Crippen LogP contribution is 2.59. The number of fused-ring (bicyclic) bond motifs is 1. The molecule has 0 spiro atoms. The molecule has 4 aliphatic rings. The Morgan fingerprint density at radius 3 is 2.84 bits per heavy atom. The van der Waals surface area contributed by atoms with Crippen LogP contribution in [0.5, 0.6) is 0 Å². The topological polar surface area (TPSA) is 52.6 Å². The zero-order valence-corrected chi connectivity index (χ0v) is 11.1. The van der Waals surface area contributed by atoms with Crippen LogP contribution in [0.25, 0.3) is 0 Å². The molecule has 2 saturated heterocycles. The SMILES string of the molecule is C=C1C(=O)O[C@@H]2C[C@@H](C)[C@@H]3[C@H]4CC(=O)[C@]3(CO4)C[C@H]12. The molecular formula is C15H18O4. The maximum absolute atomic E-state index is 12.4. The van der Waals surface area contributed by atoms with Crippen LogP contribution < -0.4 is 0 Å². The third-order valence-electron chi connectivity index (χ3n) is 5.75. The van der Waals surface area contributed by atoms with Gasteiger partial charge in [-0.2, -0.15) is 0 Å². The van der Waals surface area contributed by atoms with E-state index in [4.69, 9.17) is 9.47 Å². The van der Waals surface area contributed by atoms with E-state index in [0.29, 0.717) is 42.6 Å². The third-order valence-corrected chi connectivity index (χ3v) is 5.75.